The molecule has 1 aliphatic heterocycles. The molecule has 1 aromatic rings. The van der Waals surface area contributed by atoms with Crippen molar-refractivity contribution in [3.8, 4) is 5.88 Å². The van der Waals surface area contributed by atoms with Crippen molar-refractivity contribution in [2.75, 3.05) is 19.8 Å². The van der Waals surface area contributed by atoms with Crippen LogP contribution < -0.4 is 10.1 Å². The number of nitrogens with zero attached hydrogens (tertiary/aromatic N) is 1. The first kappa shape index (κ1) is 16.0. The van der Waals surface area contributed by atoms with Crippen LogP contribution in [0.15, 0.2) is 12.3 Å². The second kappa shape index (κ2) is 8.20. The zero-order valence-electron chi connectivity index (χ0n) is 12.2. The predicted octanol–water partition coefficient (Wildman–Crippen LogP) is 2.82. The van der Waals surface area contributed by atoms with Crippen molar-refractivity contribution in [1.29, 1.82) is 0 Å². The van der Waals surface area contributed by atoms with Crippen LogP contribution in [0.25, 0.3) is 0 Å². The van der Waals surface area contributed by atoms with Gasteiger partial charge in [-0.3, -0.25) is 4.79 Å². The minimum atomic E-state index is -0.157. The van der Waals surface area contributed by atoms with Gasteiger partial charge in [-0.15, -0.1) is 0 Å². The Morgan fingerprint density at radius 1 is 1.52 bits per heavy atom. The highest BCUT2D eigenvalue weighted by atomic mass is 35.5. The molecule has 0 atom stereocenters. The number of unbranched alkanes of at least 4 members (excludes halogenated alkanes) is 1. The van der Waals surface area contributed by atoms with Crippen LogP contribution in [0.5, 0.6) is 5.88 Å². The van der Waals surface area contributed by atoms with E-state index in [-0.39, 0.29) is 12.0 Å². The fraction of sp³-hybridized carbons (Fsp3) is 0.600. The normalized spacial score (nSPS) is 15.7. The third-order valence-electron chi connectivity index (χ3n) is 3.33. The summed E-state index contributed by atoms with van der Waals surface area (Å²) in [4.78, 5) is 16.1. The summed E-state index contributed by atoms with van der Waals surface area (Å²) in [5, 5.41) is 3.20. The zero-order chi connectivity index (χ0) is 15.1. The van der Waals surface area contributed by atoms with Gasteiger partial charge >= 0.3 is 0 Å². The van der Waals surface area contributed by atoms with E-state index in [9.17, 15) is 4.79 Å². The molecule has 1 fully saturated rings. The Labute approximate surface area is 130 Å². The lowest BCUT2D eigenvalue weighted by atomic mass is 10.1. The van der Waals surface area contributed by atoms with Crippen LogP contribution in [0.2, 0.25) is 5.02 Å². The quantitative estimate of drug-likeness (QED) is 0.821. The number of carbonyl (C=O) groups is 1. The lowest BCUT2D eigenvalue weighted by Gasteiger charge is -2.23. The number of pyridine rings is 1. The summed E-state index contributed by atoms with van der Waals surface area (Å²) >= 11 is 6.16. The number of aromatic nitrogens is 1. The molecule has 1 aromatic heterocycles. The number of hydrogen-bond donors (Lipinski definition) is 1. The molecule has 6 heteroatoms. The second-order valence-electron chi connectivity index (χ2n) is 5.05. The molecule has 1 amide bonds. The molecule has 0 bridgehead atoms. The molecule has 0 aliphatic carbocycles. The van der Waals surface area contributed by atoms with Crippen LogP contribution in [-0.4, -0.2) is 36.8 Å². The van der Waals surface area contributed by atoms with Crippen LogP contribution in [0.1, 0.15) is 43.0 Å². The number of ether oxygens (including phenoxy) is 2. The summed E-state index contributed by atoms with van der Waals surface area (Å²) in [6, 6.07) is 1.60. The zero-order valence-corrected chi connectivity index (χ0v) is 13.0. The lowest BCUT2D eigenvalue weighted by molar-refractivity contribution is 0.0238. The molecule has 0 spiro atoms. The first-order valence-corrected chi connectivity index (χ1v) is 7.76. The molecule has 2 rings (SSSR count). The van der Waals surface area contributed by atoms with Crippen molar-refractivity contribution in [2.24, 2.45) is 0 Å². The van der Waals surface area contributed by atoms with Crippen molar-refractivity contribution in [3.05, 3.63) is 22.8 Å². The van der Waals surface area contributed by atoms with Gasteiger partial charge in [0.2, 0.25) is 5.88 Å². The molecule has 0 unspecified atom stereocenters. The summed E-state index contributed by atoms with van der Waals surface area (Å²) < 4.78 is 11.0. The van der Waals surface area contributed by atoms with Gasteiger partial charge in [-0.2, -0.15) is 0 Å². The summed E-state index contributed by atoms with van der Waals surface area (Å²) in [5.74, 6) is 0.226. The number of carbonyl (C=O) groups excluding carboxylic acids is 1. The molecular formula is C15H21ClN2O3. The van der Waals surface area contributed by atoms with E-state index in [1.54, 1.807) is 6.07 Å². The number of halogens is 1. The van der Waals surface area contributed by atoms with E-state index < -0.39 is 0 Å². The standard InChI is InChI=1S/C15H21ClN2O3/c1-2-3-6-17-14(19)11-9-13(16)15(18-10-11)21-12-4-7-20-8-5-12/h9-10,12H,2-8H2,1H3,(H,17,19). The van der Waals surface area contributed by atoms with Gasteiger partial charge in [-0.25, -0.2) is 4.98 Å². The van der Waals surface area contributed by atoms with E-state index in [0.717, 1.165) is 25.7 Å². The first-order chi connectivity index (χ1) is 10.2. The predicted molar refractivity (Wildman–Crippen MR) is 81.0 cm³/mol. The van der Waals surface area contributed by atoms with Crippen LogP contribution >= 0.6 is 11.6 Å². The van der Waals surface area contributed by atoms with Gasteiger partial charge in [0.05, 0.1) is 18.8 Å². The first-order valence-electron chi connectivity index (χ1n) is 7.39. The van der Waals surface area contributed by atoms with Gasteiger partial charge in [-0.05, 0) is 12.5 Å². The Kier molecular flexibility index (Phi) is 6.26. The molecule has 1 saturated heterocycles. The second-order valence-corrected chi connectivity index (χ2v) is 5.46. The van der Waals surface area contributed by atoms with Crippen LogP contribution in [0, 0.1) is 0 Å². The van der Waals surface area contributed by atoms with E-state index in [1.165, 1.54) is 6.20 Å². The average molecular weight is 313 g/mol. The molecule has 2 heterocycles. The Morgan fingerprint density at radius 2 is 2.29 bits per heavy atom. The Bertz CT molecular complexity index is 476. The summed E-state index contributed by atoms with van der Waals surface area (Å²) in [6.07, 6.45) is 5.23. The fourth-order valence-electron chi connectivity index (χ4n) is 2.07. The Balaban J connectivity index is 1.94. The molecule has 0 radical (unpaired) electrons. The SMILES string of the molecule is CCCCNC(=O)c1cnc(OC2CCOCC2)c(Cl)c1. The fourth-order valence-corrected chi connectivity index (χ4v) is 2.28. The van der Waals surface area contributed by atoms with Crippen molar-refractivity contribution in [1.82, 2.24) is 10.3 Å². The highest BCUT2D eigenvalue weighted by molar-refractivity contribution is 6.32. The topological polar surface area (TPSA) is 60.5 Å². The van der Waals surface area contributed by atoms with Gasteiger partial charge in [0.15, 0.2) is 0 Å². The van der Waals surface area contributed by atoms with Gasteiger partial charge in [-0.1, -0.05) is 24.9 Å². The van der Waals surface area contributed by atoms with Crippen LogP contribution in [0.3, 0.4) is 0 Å². The molecule has 1 aliphatic rings. The Morgan fingerprint density at radius 3 is 2.95 bits per heavy atom. The van der Waals surface area contributed by atoms with Crippen molar-refractivity contribution < 1.29 is 14.3 Å². The molecular weight excluding hydrogens is 292 g/mol. The highest BCUT2D eigenvalue weighted by Gasteiger charge is 2.18. The largest absolute Gasteiger partial charge is 0.473 e. The number of hydrogen-bond acceptors (Lipinski definition) is 4. The minimum absolute atomic E-state index is 0.0768. The van der Waals surface area contributed by atoms with E-state index >= 15 is 0 Å². The molecule has 1 N–H and O–H groups in total. The molecule has 116 valence electrons. The van der Waals surface area contributed by atoms with Gasteiger partial charge in [0.1, 0.15) is 11.1 Å². The highest BCUT2D eigenvalue weighted by Crippen LogP contribution is 2.25. The minimum Gasteiger partial charge on any atom is -0.473 e. The molecule has 21 heavy (non-hydrogen) atoms. The maximum Gasteiger partial charge on any atom is 0.252 e. The number of amides is 1. The average Bonchev–Trinajstić information content (AvgIpc) is 2.50. The monoisotopic (exact) mass is 312 g/mol. The summed E-state index contributed by atoms with van der Waals surface area (Å²) in [6.45, 7) is 4.13. The number of nitrogens with one attached hydrogen (secondary N) is 1. The molecule has 0 aromatic carbocycles. The third kappa shape index (κ3) is 4.86. The van der Waals surface area contributed by atoms with Gasteiger partial charge in [0, 0.05) is 25.6 Å². The summed E-state index contributed by atoms with van der Waals surface area (Å²) in [5.41, 5.74) is 0.454. The van der Waals surface area contributed by atoms with Gasteiger partial charge < -0.3 is 14.8 Å². The van der Waals surface area contributed by atoms with Crippen molar-refractivity contribution in [3.63, 3.8) is 0 Å². The van der Waals surface area contributed by atoms with Gasteiger partial charge in [0.25, 0.3) is 5.91 Å². The smallest absolute Gasteiger partial charge is 0.252 e. The third-order valence-corrected chi connectivity index (χ3v) is 3.60. The van der Waals surface area contributed by atoms with E-state index in [0.29, 0.717) is 36.2 Å². The van der Waals surface area contributed by atoms with Crippen LogP contribution in [-0.2, 0) is 4.74 Å². The van der Waals surface area contributed by atoms with Crippen LogP contribution in [0.4, 0.5) is 0 Å². The maximum absolute atomic E-state index is 11.9. The van der Waals surface area contributed by atoms with E-state index in [4.69, 9.17) is 21.1 Å². The molecule has 0 saturated carbocycles. The summed E-state index contributed by atoms with van der Waals surface area (Å²) in [7, 11) is 0. The van der Waals surface area contributed by atoms with Crippen molar-refractivity contribution in [2.45, 2.75) is 38.7 Å². The number of rotatable bonds is 6. The Hall–Kier alpha value is -1.33. The van der Waals surface area contributed by atoms with Crippen molar-refractivity contribution >= 4 is 17.5 Å². The van der Waals surface area contributed by atoms with E-state index in [2.05, 4.69) is 17.2 Å². The van der Waals surface area contributed by atoms with E-state index in [1.807, 2.05) is 0 Å². The maximum atomic E-state index is 11.9. The molecule has 5 nitrogen and oxygen atoms in total. The lowest BCUT2D eigenvalue weighted by Crippen LogP contribution is -2.27.